The Morgan fingerprint density at radius 2 is 2.18 bits per heavy atom. The van der Waals surface area contributed by atoms with E-state index in [1.54, 1.807) is 0 Å². The van der Waals surface area contributed by atoms with Gasteiger partial charge in [0.25, 0.3) is 0 Å². The molecule has 1 unspecified atom stereocenters. The molecular weight excluding hydrogens is 214 g/mol. The number of rotatable bonds is 3. The molecule has 3 nitrogen and oxygen atoms in total. The summed E-state index contributed by atoms with van der Waals surface area (Å²) in [5, 5.41) is 0. The van der Waals surface area contributed by atoms with Crippen molar-refractivity contribution in [3.63, 3.8) is 0 Å². The van der Waals surface area contributed by atoms with E-state index in [1.807, 2.05) is 0 Å². The van der Waals surface area contributed by atoms with Gasteiger partial charge in [-0.3, -0.25) is 4.79 Å². The Balaban J connectivity index is 2.35. The van der Waals surface area contributed by atoms with Crippen LogP contribution in [0.1, 0.15) is 56.3 Å². The summed E-state index contributed by atoms with van der Waals surface area (Å²) in [6, 6.07) is 2.25. The fourth-order valence-corrected chi connectivity index (χ4v) is 2.79. The molecule has 3 heteroatoms. The van der Waals surface area contributed by atoms with Gasteiger partial charge in [0.15, 0.2) is 6.23 Å². The molecule has 94 valence electrons. The van der Waals surface area contributed by atoms with Gasteiger partial charge in [-0.2, -0.15) is 0 Å². The molecule has 17 heavy (non-hydrogen) atoms. The van der Waals surface area contributed by atoms with E-state index in [4.69, 9.17) is 4.74 Å². The monoisotopic (exact) mass is 235 g/mol. The van der Waals surface area contributed by atoms with Crippen LogP contribution in [0.15, 0.2) is 6.07 Å². The highest BCUT2D eigenvalue weighted by Gasteiger charge is 2.22. The smallest absolute Gasteiger partial charge is 0.304 e. The molecule has 0 aromatic carbocycles. The van der Waals surface area contributed by atoms with Gasteiger partial charge < -0.3 is 9.30 Å². The van der Waals surface area contributed by atoms with Crippen LogP contribution < -0.4 is 0 Å². The van der Waals surface area contributed by atoms with Gasteiger partial charge in [-0.25, -0.2) is 0 Å². The quantitative estimate of drug-likeness (QED) is 0.754. The lowest BCUT2D eigenvalue weighted by Crippen LogP contribution is -2.19. The van der Waals surface area contributed by atoms with Gasteiger partial charge in [0.1, 0.15) is 0 Å². The first-order chi connectivity index (χ1) is 8.13. The van der Waals surface area contributed by atoms with Crippen molar-refractivity contribution in [3.8, 4) is 0 Å². The lowest BCUT2D eigenvalue weighted by Gasteiger charge is -2.23. The molecule has 2 rings (SSSR count). The van der Waals surface area contributed by atoms with E-state index in [0.717, 1.165) is 12.8 Å². The number of carbonyl (C=O) groups excluding carboxylic acids is 1. The van der Waals surface area contributed by atoms with Crippen LogP contribution in [-0.2, 0) is 22.4 Å². The summed E-state index contributed by atoms with van der Waals surface area (Å²) in [6.07, 6.45) is 5.49. The maximum atomic E-state index is 11.2. The van der Waals surface area contributed by atoms with Crippen LogP contribution >= 0.6 is 0 Å². The van der Waals surface area contributed by atoms with Crippen LogP contribution in [0.2, 0.25) is 0 Å². The van der Waals surface area contributed by atoms with E-state index >= 15 is 0 Å². The van der Waals surface area contributed by atoms with Crippen molar-refractivity contribution in [2.24, 2.45) is 0 Å². The Morgan fingerprint density at radius 3 is 2.82 bits per heavy atom. The second kappa shape index (κ2) is 4.94. The second-order valence-electron chi connectivity index (χ2n) is 4.81. The van der Waals surface area contributed by atoms with Gasteiger partial charge in [-0.1, -0.05) is 6.92 Å². The fraction of sp³-hybridized carbons (Fsp3) is 0.643. The summed E-state index contributed by atoms with van der Waals surface area (Å²) in [6.45, 7) is 5.64. The third-order valence-corrected chi connectivity index (χ3v) is 3.47. The predicted octanol–water partition coefficient (Wildman–Crippen LogP) is 3.15. The van der Waals surface area contributed by atoms with Crippen molar-refractivity contribution in [1.29, 1.82) is 0 Å². The molecule has 0 amide bonds. The van der Waals surface area contributed by atoms with Crippen LogP contribution in [0.25, 0.3) is 0 Å². The molecule has 0 saturated heterocycles. The van der Waals surface area contributed by atoms with E-state index in [1.165, 1.54) is 43.1 Å². The molecule has 0 spiro atoms. The van der Waals surface area contributed by atoms with Crippen molar-refractivity contribution in [1.82, 2.24) is 4.57 Å². The number of hydrogen-bond acceptors (Lipinski definition) is 2. The Hall–Kier alpha value is -1.25. The van der Waals surface area contributed by atoms with Crippen molar-refractivity contribution in [3.05, 3.63) is 23.0 Å². The maximum Gasteiger partial charge on any atom is 0.304 e. The molecule has 0 radical (unpaired) electrons. The Bertz CT molecular complexity index is 420. The number of hydrogen-bond donors (Lipinski definition) is 0. The van der Waals surface area contributed by atoms with Gasteiger partial charge in [-0.15, -0.1) is 0 Å². The summed E-state index contributed by atoms with van der Waals surface area (Å²) in [5.74, 6) is -0.200. The second-order valence-corrected chi connectivity index (χ2v) is 4.81. The first-order valence-corrected chi connectivity index (χ1v) is 6.50. The largest absolute Gasteiger partial charge is 0.441 e. The zero-order valence-corrected chi connectivity index (χ0v) is 11.0. The minimum absolute atomic E-state index is 0.130. The van der Waals surface area contributed by atoms with Crippen LogP contribution in [0, 0.1) is 6.92 Å². The molecule has 0 N–H and O–H groups in total. The third-order valence-electron chi connectivity index (χ3n) is 3.47. The Morgan fingerprint density at radius 1 is 1.47 bits per heavy atom. The van der Waals surface area contributed by atoms with Crippen LogP contribution in [0.5, 0.6) is 0 Å². The van der Waals surface area contributed by atoms with Gasteiger partial charge in [0.05, 0.1) is 0 Å². The SMILES string of the molecule is CCC(OC(C)=O)n1c(C)cc2c1CCCC2. The maximum absolute atomic E-state index is 11.2. The zero-order valence-electron chi connectivity index (χ0n) is 11.0. The van der Waals surface area contributed by atoms with Gasteiger partial charge in [0.2, 0.25) is 0 Å². The van der Waals surface area contributed by atoms with E-state index in [0.29, 0.717) is 0 Å². The Labute approximate surface area is 103 Å². The number of aryl methyl sites for hydroxylation is 2. The minimum Gasteiger partial charge on any atom is -0.441 e. The first-order valence-electron chi connectivity index (χ1n) is 6.50. The lowest BCUT2D eigenvalue weighted by atomic mass is 9.98. The molecule has 0 aliphatic heterocycles. The number of carbonyl (C=O) groups is 1. The summed E-state index contributed by atoms with van der Waals surface area (Å²) in [5.41, 5.74) is 4.03. The molecule has 0 saturated carbocycles. The highest BCUT2D eigenvalue weighted by Crippen LogP contribution is 2.29. The number of fused-ring (bicyclic) bond motifs is 1. The molecular formula is C14H21NO2. The van der Waals surface area contributed by atoms with Crippen LogP contribution in [0.3, 0.4) is 0 Å². The fourth-order valence-electron chi connectivity index (χ4n) is 2.79. The number of esters is 1. The third kappa shape index (κ3) is 2.38. The van der Waals surface area contributed by atoms with Crippen LogP contribution in [-0.4, -0.2) is 10.5 Å². The molecule has 1 aliphatic carbocycles. The normalized spacial score (nSPS) is 16.4. The van der Waals surface area contributed by atoms with Gasteiger partial charge >= 0.3 is 5.97 Å². The standard InChI is InChI=1S/C14H21NO2/c1-4-14(17-11(3)16)15-10(2)9-12-7-5-6-8-13(12)15/h9,14H,4-8H2,1-3H3. The molecule has 1 aliphatic rings. The first kappa shape index (κ1) is 12.2. The van der Waals surface area contributed by atoms with E-state index < -0.39 is 0 Å². The lowest BCUT2D eigenvalue weighted by molar-refractivity contribution is -0.151. The van der Waals surface area contributed by atoms with Crippen molar-refractivity contribution < 1.29 is 9.53 Å². The average Bonchev–Trinajstić information content (AvgIpc) is 2.62. The van der Waals surface area contributed by atoms with Crippen molar-refractivity contribution in [2.75, 3.05) is 0 Å². The molecule has 0 fully saturated rings. The molecule has 1 atom stereocenters. The summed E-state index contributed by atoms with van der Waals surface area (Å²) in [7, 11) is 0. The van der Waals surface area contributed by atoms with Crippen molar-refractivity contribution >= 4 is 5.97 Å². The highest BCUT2D eigenvalue weighted by molar-refractivity contribution is 5.66. The molecule has 1 aromatic heterocycles. The molecule has 1 aromatic rings. The molecule has 0 bridgehead atoms. The van der Waals surface area contributed by atoms with Crippen LogP contribution in [0.4, 0.5) is 0 Å². The Kier molecular flexibility index (Phi) is 3.55. The topological polar surface area (TPSA) is 31.2 Å². The number of ether oxygens (including phenoxy) is 1. The van der Waals surface area contributed by atoms with Gasteiger partial charge in [-0.05, 0) is 44.2 Å². The minimum atomic E-state index is -0.200. The van der Waals surface area contributed by atoms with Crippen molar-refractivity contribution in [2.45, 2.75) is 59.1 Å². The summed E-state index contributed by atoms with van der Waals surface area (Å²) >= 11 is 0. The molecule has 1 heterocycles. The van der Waals surface area contributed by atoms with E-state index in [-0.39, 0.29) is 12.2 Å². The highest BCUT2D eigenvalue weighted by atomic mass is 16.6. The summed E-state index contributed by atoms with van der Waals surface area (Å²) < 4.78 is 7.63. The van der Waals surface area contributed by atoms with E-state index in [2.05, 4.69) is 24.5 Å². The number of aromatic nitrogens is 1. The van der Waals surface area contributed by atoms with E-state index in [9.17, 15) is 4.79 Å². The average molecular weight is 235 g/mol. The summed E-state index contributed by atoms with van der Waals surface area (Å²) in [4.78, 5) is 11.2. The zero-order chi connectivity index (χ0) is 12.4. The van der Waals surface area contributed by atoms with Gasteiger partial charge in [0, 0.05) is 24.7 Å². The number of nitrogens with zero attached hydrogens (tertiary/aromatic N) is 1. The predicted molar refractivity (Wildman–Crippen MR) is 66.9 cm³/mol.